The molecule has 0 unspecified atom stereocenters. The molecule has 9 nitrogen and oxygen atoms in total. The van der Waals surface area contributed by atoms with E-state index < -0.39 is 30.0 Å². The van der Waals surface area contributed by atoms with E-state index in [4.69, 9.17) is 23.9 Å². The summed E-state index contributed by atoms with van der Waals surface area (Å²) in [4.78, 5) is 11.2. The van der Waals surface area contributed by atoms with Gasteiger partial charge in [0.05, 0.1) is 38.2 Å². The lowest BCUT2D eigenvalue weighted by Gasteiger charge is -2.32. The van der Waals surface area contributed by atoms with E-state index in [1.807, 2.05) is 27.7 Å². The first-order valence-electron chi connectivity index (χ1n) is 9.59. The van der Waals surface area contributed by atoms with Gasteiger partial charge in [-0.3, -0.25) is 0 Å². The molecule has 166 valence electrons. The first-order valence-corrected chi connectivity index (χ1v) is 9.59. The quantitative estimate of drug-likeness (QED) is 0.665. The molecular formula is C20H25BFN3O6. The van der Waals surface area contributed by atoms with Gasteiger partial charge in [-0.05, 0) is 45.9 Å². The van der Waals surface area contributed by atoms with Crippen LogP contribution < -0.4 is 9.47 Å². The lowest BCUT2D eigenvalue weighted by Crippen LogP contribution is -2.41. The summed E-state index contributed by atoms with van der Waals surface area (Å²) in [5.41, 5.74) is -1.91. The highest BCUT2D eigenvalue weighted by Gasteiger charge is 2.53. The van der Waals surface area contributed by atoms with Crippen LogP contribution in [-0.2, 0) is 15.9 Å². The van der Waals surface area contributed by atoms with Gasteiger partial charge in [-0.1, -0.05) is 5.21 Å². The van der Waals surface area contributed by atoms with Gasteiger partial charge in [0.2, 0.25) is 0 Å². The monoisotopic (exact) mass is 433 g/mol. The van der Waals surface area contributed by atoms with E-state index >= 15 is 4.39 Å². The minimum absolute atomic E-state index is 0.135. The van der Waals surface area contributed by atoms with Crippen LogP contribution in [0.25, 0.3) is 5.57 Å². The summed E-state index contributed by atoms with van der Waals surface area (Å²) < 4.78 is 39.6. The van der Waals surface area contributed by atoms with Crippen molar-refractivity contribution in [1.29, 1.82) is 0 Å². The number of rotatable bonds is 7. The Hall–Kier alpha value is -2.92. The number of aromatic carboxylic acids is 1. The average Bonchev–Trinajstić information content (AvgIpc) is 3.27. The molecule has 2 aromatic rings. The van der Waals surface area contributed by atoms with Crippen molar-refractivity contribution < 1.29 is 33.1 Å². The minimum atomic E-state index is -1.27. The van der Waals surface area contributed by atoms with Crippen LogP contribution in [0.2, 0.25) is 0 Å². The summed E-state index contributed by atoms with van der Waals surface area (Å²) in [5.74, 6) is -0.358. The Morgan fingerprint density at radius 3 is 2.35 bits per heavy atom. The zero-order chi connectivity index (χ0) is 23.0. The van der Waals surface area contributed by atoms with E-state index in [-0.39, 0.29) is 17.8 Å². The molecule has 0 spiro atoms. The molecule has 1 fully saturated rings. The fourth-order valence-electron chi connectivity index (χ4n) is 3.06. The summed E-state index contributed by atoms with van der Waals surface area (Å²) in [5, 5.41) is 16.5. The third-order valence-electron chi connectivity index (χ3n) is 5.56. The fourth-order valence-corrected chi connectivity index (χ4v) is 3.06. The van der Waals surface area contributed by atoms with Gasteiger partial charge in [0.15, 0.2) is 5.69 Å². The van der Waals surface area contributed by atoms with Crippen molar-refractivity contribution >= 4 is 18.7 Å². The normalized spacial score (nSPS) is 18.0. The lowest BCUT2D eigenvalue weighted by molar-refractivity contribution is 0.00578. The summed E-state index contributed by atoms with van der Waals surface area (Å²) in [6, 6.07) is 4.95. The van der Waals surface area contributed by atoms with Crippen LogP contribution in [0.3, 0.4) is 0 Å². The van der Waals surface area contributed by atoms with E-state index in [1.165, 1.54) is 25.1 Å². The Morgan fingerprint density at radius 1 is 1.19 bits per heavy atom. The number of hydrogen-bond donors (Lipinski definition) is 1. The number of hydrogen-bond acceptors (Lipinski definition) is 7. The molecule has 1 aromatic carbocycles. The maximum atomic E-state index is 15.9. The van der Waals surface area contributed by atoms with Gasteiger partial charge in [-0.25, -0.2) is 13.9 Å². The maximum absolute atomic E-state index is 15.9. The van der Waals surface area contributed by atoms with Crippen LogP contribution in [0.5, 0.6) is 11.5 Å². The molecule has 1 aromatic heterocycles. The van der Waals surface area contributed by atoms with Crippen molar-refractivity contribution in [3.63, 3.8) is 0 Å². The van der Waals surface area contributed by atoms with Crippen LogP contribution in [0, 0.1) is 0 Å². The smallest absolute Gasteiger partial charge is 0.497 e. The van der Waals surface area contributed by atoms with Crippen molar-refractivity contribution in [3.8, 4) is 11.5 Å². The molecule has 2 heterocycles. The number of allylic oxidation sites excluding steroid dienone is 1. The number of methoxy groups -OCH3 is 2. The Balaban J connectivity index is 2.12. The number of carboxylic acids is 1. The van der Waals surface area contributed by atoms with Crippen molar-refractivity contribution in [2.24, 2.45) is 0 Å². The molecule has 0 radical (unpaired) electrons. The zero-order valence-electron chi connectivity index (χ0n) is 18.3. The van der Waals surface area contributed by atoms with Gasteiger partial charge in [-0.2, -0.15) is 0 Å². The molecule has 3 rings (SSSR count). The molecule has 0 atom stereocenters. The molecule has 0 saturated carbocycles. The standard InChI is InChI=1S/C20H25BFN3O6/c1-19(2)20(3,4)31-21(30-19)17(22)14(10-25-11-15(18(26)27)23-24-25)13-9-12(28-5)7-8-16(13)29-6/h7-9,11H,10H2,1-6H3,(H,26,27). The molecule has 1 saturated heterocycles. The molecule has 0 bridgehead atoms. The minimum Gasteiger partial charge on any atom is -0.497 e. The van der Waals surface area contributed by atoms with E-state index in [9.17, 15) is 4.79 Å². The molecule has 1 aliphatic heterocycles. The van der Waals surface area contributed by atoms with Crippen LogP contribution in [-0.4, -0.2) is 58.6 Å². The number of carbonyl (C=O) groups is 1. The van der Waals surface area contributed by atoms with Crippen LogP contribution in [0.4, 0.5) is 4.39 Å². The summed E-state index contributed by atoms with van der Waals surface area (Å²) >= 11 is 0. The topological polar surface area (TPSA) is 105 Å². The summed E-state index contributed by atoms with van der Waals surface area (Å²) in [6.07, 6.45) is 1.21. The number of benzene rings is 1. The van der Waals surface area contributed by atoms with Crippen LogP contribution >= 0.6 is 0 Å². The maximum Gasteiger partial charge on any atom is 0.525 e. The molecule has 0 aliphatic carbocycles. The first kappa shape index (κ1) is 22.8. The van der Waals surface area contributed by atoms with Crippen molar-refractivity contribution in [2.45, 2.75) is 45.4 Å². The summed E-state index contributed by atoms with van der Waals surface area (Å²) in [6.45, 7) is 7.15. The van der Waals surface area contributed by atoms with Crippen molar-refractivity contribution in [1.82, 2.24) is 15.0 Å². The van der Waals surface area contributed by atoms with Crippen molar-refractivity contribution in [2.75, 3.05) is 14.2 Å². The molecular weight excluding hydrogens is 408 g/mol. The molecule has 0 amide bonds. The molecule has 31 heavy (non-hydrogen) atoms. The lowest BCUT2D eigenvalue weighted by atomic mass is 9.82. The van der Waals surface area contributed by atoms with Gasteiger partial charge in [0.1, 0.15) is 17.2 Å². The third kappa shape index (κ3) is 4.42. The Bertz CT molecular complexity index is 1000. The average molecular weight is 433 g/mol. The van der Waals surface area contributed by atoms with Crippen LogP contribution in [0.1, 0.15) is 43.7 Å². The molecule has 1 aliphatic rings. The van der Waals surface area contributed by atoms with Gasteiger partial charge in [-0.15, -0.1) is 5.10 Å². The highest BCUT2D eigenvalue weighted by Crippen LogP contribution is 2.41. The van der Waals surface area contributed by atoms with Gasteiger partial charge in [0.25, 0.3) is 0 Å². The summed E-state index contributed by atoms with van der Waals surface area (Å²) in [7, 11) is 1.70. The third-order valence-corrected chi connectivity index (χ3v) is 5.56. The Labute approximate surface area is 179 Å². The van der Waals surface area contributed by atoms with E-state index in [0.29, 0.717) is 17.1 Å². The number of aromatic nitrogens is 3. The van der Waals surface area contributed by atoms with E-state index in [2.05, 4.69) is 10.3 Å². The SMILES string of the molecule is COc1ccc(OC)c(C(Cn2cc(C(=O)O)nn2)=C(F)B2OC(C)(C)C(C)(C)O2)c1. The van der Waals surface area contributed by atoms with E-state index in [1.54, 1.807) is 18.2 Å². The predicted molar refractivity (Wildman–Crippen MR) is 111 cm³/mol. The second kappa shape index (κ2) is 8.31. The first-order chi connectivity index (χ1) is 14.5. The second-order valence-electron chi connectivity index (χ2n) is 8.09. The zero-order valence-corrected chi connectivity index (χ0v) is 18.3. The predicted octanol–water partition coefficient (Wildman–Crippen LogP) is 3.01. The van der Waals surface area contributed by atoms with E-state index in [0.717, 1.165) is 0 Å². The number of carboxylic acid groups (broad SMARTS) is 1. The molecule has 11 heteroatoms. The Kier molecular flexibility index (Phi) is 6.10. The van der Waals surface area contributed by atoms with Gasteiger partial charge >= 0.3 is 13.1 Å². The Morgan fingerprint density at radius 2 is 1.84 bits per heavy atom. The highest BCUT2D eigenvalue weighted by molar-refractivity contribution is 6.55. The van der Waals surface area contributed by atoms with Gasteiger partial charge < -0.3 is 23.9 Å². The van der Waals surface area contributed by atoms with Crippen molar-refractivity contribution in [3.05, 3.63) is 41.4 Å². The number of nitrogens with zero attached hydrogens (tertiary/aromatic N) is 3. The largest absolute Gasteiger partial charge is 0.525 e. The van der Waals surface area contributed by atoms with Gasteiger partial charge in [0, 0.05) is 11.1 Å². The second-order valence-corrected chi connectivity index (χ2v) is 8.09. The number of ether oxygens (including phenoxy) is 2. The number of halogens is 1. The highest BCUT2D eigenvalue weighted by atomic mass is 19.1. The molecule has 1 N–H and O–H groups in total. The fraction of sp³-hybridized carbons (Fsp3) is 0.450. The van der Waals surface area contributed by atoms with Crippen LogP contribution in [0.15, 0.2) is 30.1 Å².